The van der Waals surface area contributed by atoms with Gasteiger partial charge in [-0.1, -0.05) is 23.7 Å². The van der Waals surface area contributed by atoms with E-state index in [1.54, 1.807) is 51.1 Å². The van der Waals surface area contributed by atoms with Crippen LogP contribution in [0, 0.1) is 5.82 Å². The molecule has 8 heteroatoms. The quantitative estimate of drug-likeness (QED) is 0.391. The first-order valence-electron chi connectivity index (χ1n) is 11.7. The van der Waals surface area contributed by atoms with Gasteiger partial charge in [-0.05, 0) is 70.5 Å². The van der Waals surface area contributed by atoms with E-state index < -0.39 is 11.7 Å². The Hall–Kier alpha value is -2.90. The molecule has 0 spiro atoms. The summed E-state index contributed by atoms with van der Waals surface area (Å²) in [5.41, 5.74) is 2.23. The van der Waals surface area contributed by atoms with E-state index in [4.69, 9.17) is 16.3 Å². The van der Waals surface area contributed by atoms with Gasteiger partial charge in [0.25, 0.3) is 0 Å². The zero-order valence-corrected chi connectivity index (χ0v) is 21.6. The van der Waals surface area contributed by atoms with E-state index in [1.165, 1.54) is 18.2 Å². The number of carbonyl (C=O) groups is 2. The van der Waals surface area contributed by atoms with Crippen molar-refractivity contribution >= 4 is 35.4 Å². The van der Waals surface area contributed by atoms with Crippen molar-refractivity contribution in [2.75, 3.05) is 18.4 Å². The first kappa shape index (κ1) is 26.7. The van der Waals surface area contributed by atoms with Gasteiger partial charge >= 0.3 is 6.09 Å². The van der Waals surface area contributed by atoms with Crippen LogP contribution in [-0.2, 0) is 16.1 Å². The minimum atomic E-state index is -0.658. The van der Waals surface area contributed by atoms with E-state index in [-0.39, 0.29) is 17.9 Å². The van der Waals surface area contributed by atoms with Crippen LogP contribution < -0.4 is 5.32 Å². The number of nitrogens with zero attached hydrogens (tertiary/aromatic N) is 2. The molecule has 2 atom stereocenters. The molecule has 1 aliphatic rings. The molecule has 0 bridgehead atoms. The molecule has 0 unspecified atom stereocenters. The lowest BCUT2D eigenvalue weighted by Gasteiger charge is -2.46. The highest BCUT2D eigenvalue weighted by atomic mass is 35.5. The van der Waals surface area contributed by atoms with Crippen LogP contribution in [0.15, 0.2) is 48.5 Å². The lowest BCUT2D eigenvalue weighted by molar-refractivity contribution is -0.104. The summed E-state index contributed by atoms with van der Waals surface area (Å²) in [5, 5.41) is 3.24. The van der Waals surface area contributed by atoms with Gasteiger partial charge in [-0.3, -0.25) is 15.0 Å². The molecule has 0 radical (unpaired) electrons. The normalized spacial score (nSPS) is 19.4. The third-order valence-corrected chi connectivity index (χ3v) is 6.08. The van der Waals surface area contributed by atoms with Gasteiger partial charge in [0.2, 0.25) is 0 Å². The molecule has 2 aromatic carbocycles. The summed E-state index contributed by atoms with van der Waals surface area (Å²) in [6.45, 7) is 11.7. The van der Waals surface area contributed by atoms with Gasteiger partial charge < -0.3 is 9.64 Å². The van der Waals surface area contributed by atoms with Gasteiger partial charge in [0.05, 0.1) is 5.69 Å². The number of hydrogen-bond acceptors (Lipinski definition) is 5. The van der Waals surface area contributed by atoms with E-state index in [1.807, 2.05) is 0 Å². The standard InChI is InChI=1S/C27H33ClFN3O3/c1-18-16-32(19(2)15-31(18)17-20-6-9-22(29)10-7-20)25(12-13-33)23-11-8-21(28)14-24(23)30-26(34)35-27(3,4)5/h6-14,18-19H,15-17H2,1-5H3,(H,30,34)/b25-12+/t18-,19+/m0/s1. The Morgan fingerprint density at radius 1 is 1.14 bits per heavy atom. The Labute approximate surface area is 211 Å². The van der Waals surface area contributed by atoms with E-state index >= 15 is 0 Å². The fourth-order valence-electron chi connectivity index (χ4n) is 4.24. The summed E-state index contributed by atoms with van der Waals surface area (Å²) in [6.07, 6.45) is 1.67. The highest BCUT2D eigenvalue weighted by Crippen LogP contribution is 2.33. The molecule has 1 saturated heterocycles. The van der Waals surface area contributed by atoms with Crippen LogP contribution in [0.4, 0.5) is 14.9 Å². The average Bonchev–Trinajstić information content (AvgIpc) is 2.75. The molecule has 188 valence electrons. The second kappa shape index (κ2) is 11.2. The average molecular weight is 502 g/mol. The summed E-state index contributed by atoms with van der Waals surface area (Å²) >= 11 is 6.23. The van der Waals surface area contributed by atoms with Gasteiger partial charge in [0.15, 0.2) is 0 Å². The van der Waals surface area contributed by atoms with Gasteiger partial charge in [-0.15, -0.1) is 0 Å². The highest BCUT2D eigenvalue weighted by molar-refractivity contribution is 6.31. The van der Waals surface area contributed by atoms with Gasteiger partial charge in [0.1, 0.15) is 17.7 Å². The Morgan fingerprint density at radius 2 is 1.83 bits per heavy atom. The molecule has 1 N–H and O–H groups in total. The van der Waals surface area contributed by atoms with Gasteiger partial charge in [-0.2, -0.15) is 0 Å². The number of carbonyl (C=O) groups excluding carboxylic acids is 2. The minimum Gasteiger partial charge on any atom is -0.444 e. The molecule has 1 heterocycles. The van der Waals surface area contributed by atoms with Crippen molar-refractivity contribution in [2.45, 2.75) is 58.8 Å². The Morgan fingerprint density at radius 3 is 2.46 bits per heavy atom. The maximum absolute atomic E-state index is 13.3. The second-order valence-electron chi connectivity index (χ2n) is 9.91. The van der Waals surface area contributed by atoms with Crippen molar-refractivity contribution in [1.82, 2.24) is 9.80 Å². The monoisotopic (exact) mass is 501 g/mol. The number of rotatable bonds is 6. The van der Waals surface area contributed by atoms with Crippen LogP contribution in [0.1, 0.15) is 45.7 Å². The zero-order chi connectivity index (χ0) is 25.8. The summed E-state index contributed by atoms with van der Waals surface area (Å²) in [7, 11) is 0. The highest BCUT2D eigenvalue weighted by Gasteiger charge is 2.31. The van der Waals surface area contributed by atoms with Crippen molar-refractivity contribution in [1.29, 1.82) is 0 Å². The minimum absolute atomic E-state index is 0.0721. The zero-order valence-electron chi connectivity index (χ0n) is 20.8. The number of nitrogens with one attached hydrogen (secondary N) is 1. The number of amides is 1. The maximum atomic E-state index is 13.3. The molecule has 1 aliphatic heterocycles. The largest absolute Gasteiger partial charge is 0.444 e. The SMILES string of the molecule is C[C@@H]1CN(Cc2ccc(F)cc2)[C@@H](C)CN1/C(=C/C=O)c1ccc(Cl)cc1NC(=O)OC(C)(C)C. The maximum Gasteiger partial charge on any atom is 0.412 e. The number of hydrogen-bond donors (Lipinski definition) is 1. The van der Waals surface area contributed by atoms with Crippen LogP contribution in [0.3, 0.4) is 0 Å². The summed E-state index contributed by atoms with van der Waals surface area (Å²) < 4.78 is 18.7. The fraction of sp³-hybridized carbons (Fsp3) is 0.407. The van der Waals surface area contributed by atoms with Crippen LogP contribution in [0.5, 0.6) is 0 Å². The number of piperazine rings is 1. The molecule has 6 nitrogen and oxygen atoms in total. The van der Waals surface area contributed by atoms with Crippen LogP contribution >= 0.6 is 11.6 Å². The number of halogens is 2. The lowest BCUT2D eigenvalue weighted by Crippen LogP contribution is -2.55. The third-order valence-electron chi connectivity index (χ3n) is 5.84. The smallest absolute Gasteiger partial charge is 0.412 e. The summed E-state index contributed by atoms with van der Waals surface area (Å²) in [5.74, 6) is -0.248. The molecule has 1 amide bonds. The molecule has 0 aliphatic carbocycles. The molecular formula is C27H33ClFN3O3. The number of aldehydes is 1. The first-order valence-corrected chi connectivity index (χ1v) is 12.0. The number of anilines is 1. The number of ether oxygens (including phenoxy) is 1. The van der Waals surface area contributed by atoms with Gasteiger partial charge in [0, 0.05) is 54.1 Å². The number of benzene rings is 2. The van der Waals surface area contributed by atoms with Crippen LogP contribution in [0.25, 0.3) is 5.70 Å². The molecule has 3 rings (SSSR count). The second-order valence-corrected chi connectivity index (χ2v) is 10.3. The van der Waals surface area contributed by atoms with E-state index in [0.717, 1.165) is 18.4 Å². The van der Waals surface area contributed by atoms with Crippen molar-refractivity contribution in [3.63, 3.8) is 0 Å². The fourth-order valence-corrected chi connectivity index (χ4v) is 4.41. The Balaban J connectivity index is 1.85. The van der Waals surface area contributed by atoms with E-state index in [9.17, 15) is 14.0 Å². The predicted molar refractivity (Wildman–Crippen MR) is 138 cm³/mol. The van der Waals surface area contributed by atoms with Crippen molar-refractivity contribution < 1.29 is 18.7 Å². The van der Waals surface area contributed by atoms with Crippen molar-refractivity contribution in [3.8, 4) is 0 Å². The lowest BCUT2D eigenvalue weighted by atomic mass is 10.0. The van der Waals surface area contributed by atoms with E-state index in [2.05, 4.69) is 29.0 Å². The molecular weight excluding hydrogens is 469 g/mol. The third kappa shape index (κ3) is 7.29. The molecule has 35 heavy (non-hydrogen) atoms. The summed E-state index contributed by atoms with van der Waals surface area (Å²) in [6, 6.07) is 12.0. The van der Waals surface area contributed by atoms with E-state index in [0.29, 0.717) is 35.1 Å². The van der Waals surface area contributed by atoms with Crippen LogP contribution in [0.2, 0.25) is 5.02 Å². The Kier molecular flexibility index (Phi) is 8.56. The predicted octanol–water partition coefficient (Wildman–Crippen LogP) is 5.96. The topological polar surface area (TPSA) is 61.9 Å². The molecule has 0 saturated carbocycles. The van der Waals surface area contributed by atoms with Crippen molar-refractivity contribution in [3.05, 3.63) is 70.5 Å². The summed E-state index contributed by atoms with van der Waals surface area (Å²) in [4.78, 5) is 28.7. The number of allylic oxidation sites excluding steroid dienone is 1. The van der Waals surface area contributed by atoms with Gasteiger partial charge in [-0.25, -0.2) is 9.18 Å². The molecule has 0 aromatic heterocycles. The molecule has 1 fully saturated rings. The van der Waals surface area contributed by atoms with Crippen LogP contribution in [-0.4, -0.2) is 53.0 Å². The first-order chi connectivity index (χ1) is 16.5. The molecule has 2 aromatic rings. The Bertz CT molecular complexity index is 1080. The van der Waals surface area contributed by atoms with Crippen molar-refractivity contribution in [2.24, 2.45) is 0 Å².